The fraction of sp³-hybridized carbons (Fsp3) is 0.700. The second-order valence-electron chi connectivity index (χ2n) is 8.23. The summed E-state index contributed by atoms with van der Waals surface area (Å²) in [6.45, 7) is 6.36. The average Bonchev–Trinajstić information content (AvgIpc) is 2.97. The number of allylic oxidation sites excluding steroid dienone is 3. The molecule has 132 valence electrons. The van der Waals surface area contributed by atoms with Gasteiger partial charge in [0, 0.05) is 12.5 Å². The van der Waals surface area contributed by atoms with E-state index in [1.165, 1.54) is 11.1 Å². The maximum Gasteiger partial charge on any atom is 0.169 e. The van der Waals surface area contributed by atoms with Crippen LogP contribution in [-0.2, 0) is 9.59 Å². The predicted octanol–water partition coefficient (Wildman–Crippen LogP) is 2.44. The number of fused-ring (bicyclic) bond motifs is 2. The normalized spacial score (nSPS) is 42.7. The molecular weight excluding hydrogens is 304 g/mol. The molecule has 0 heterocycles. The van der Waals surface area contributed by atoms with Crippen molar-refractivity contribution in [3.63, 3.8) is 0 Å². The van der Waals surface area contributed by atoms with Crippen molar-refractivity contribution in [2.75, 3.05) is 6.61 Å². The van der Waals surface area contributed by atoms with Gasteiger partial charge in [0.2, 0.25) is 0 Å². The van der Waals surface area contributed by atoms with E-state index in [4.69, 9.17) is 0 Å². The molecule has 4 heteroatoms. The van der Waals surface area contributed by atoms with Crippen LogP contribution in [-0.4, -0.2) is 35.0 Å². The van der Waals surface area contributed by atoms with Crippen LogP contribution in [0.4, 0.5) is 0 Å². The topological polar surface area (TPSA) is 74.6 Å². The first-order valence-corrected chi connectivity index (χ1v) is 9.04. The highest BCUT2D eigenvalue weighted by Crippen LogP contribution is 2.55. The maximum atomic E-state index is 12.5. The molecule has 6 atom stereocenters. The molecule has 0 aromatic carbocycles. The first-order valence-electron chi connectivity index (χ1n) is 9.04. The number of aliphatic hydroxyl groups excluding tert-OH is 2. The number of aldehydes is 1. The van der Waals surface area contributed by atoms with Crippen molar-refractivity contribution >= 4 is 12.1 Å². The van der Waals surface area contributed by atoms with Crippen molar-refractivity contribution in [3.8, 4) is 0 Å². The van der Waals surface area contributed by atoms with Gasteiger partial charge >= 0.3 is 0 Å². The highest BCUT2D eigenvalue weighted by Gasteiger charge is 2.52. The van der Waals surface area contributed by atoms with Gasteiger partial charge in [0.15, 0.2) is 5.78 Å². The lowest BCUT2D eigenvalue weighted by Crippen LogP contribution is -2.30. The number of ketones is 1. The Morgan fingerprint density at radius 2 is 2.17 bits per heavy atom. The Labute approximate surface area is 143 Å². The van der Waals surface area contributed by atoms with E-state index in [1.807, 2.05) is 19.9 Å². The van der Waals surface area contributed by atoms with Crippen LogP contribution < -0.4 is 0 Å². The van der Waals surface area contributed by atoms with Gasteiger partial charge in [-0.3, -0.25) is 9.59 Å². The maximum absolute atomic E-state index is 12.5. The molecule has 0 bridgehead atoms. The van der Waals surface area contributed by atoms with E-state index in [9.17, 15) is 19.8 Å². The van der Waals surface area contributed by atoms with Gasteiger partial charge in [-0.15, -0.1) is 0 Å². The molecule has 0 unspecified atom stereocenters. The van der Waals surface area contributed by atoms with Crippen LogP contribution in [0.25, 0.3) is 0 Å². The fourth-order valence-corrected chi connectivity index (χ4v) is 5.25. The minimum absolute atomic E-state index is 0.00744. The molecule has 1 saturated carbocycles. The number of carbonyl (C=O) groups excluding carboxylic acids is 2. The fourth-order valence-electron chi connectivity index (χ4n) is 5.25. The molecule has 0 amide bonds. The first kappa shape index (κ1) is 17.6. The first-order chi connectivity index (χ1) is 11.3. The van der Waals surface area contributed by atoms with E-state index >= 15 is 0 Å². The molecule has 0 aromatic heterocycles. The standard InChI is InChI=1S/C20H28O4/c1-11(9-21)14-6-7-20(3)8-15-12(2)18(23)19(24)17(15)13(10-22)4-5-16(14)20/h4,10-12,15,17-18,21,23H,5-9H2,1-3H3/b13-4-/t11-,12+,15-,17+,18+,20+/m0/s1. The van der Waals surface area contributed by atoms with Crippen LogP contribution in [0.2, 0.25) is 0 Å². The van der Waals surface area contributed by atoms with Crippen LogP contribution in [0.3, 0.4) is 0 Å². The Bertz CT molecular complexity index is 617. The summed E-state index contributed by atoms with van der Waals surface area (Å²) in [7, 11) is 0. The van der Waals surface area contributed by atoms with Crippen molar-refractivity contribution in [1.29, 1.82) is 0 Å². The summed E-state index contributed by atoms with van der Waals surface area (Å²) < 4.78 is 0. The van der Waals surface area contributed by atoms with Crippen molar-refractivity contribution in [2.24, 2.45) is 29.1 Å². The third-order valence-corrected chi connectivity index (χ3v) is 6.85. The van der Waals surface area contributed by atoms with Gasteiger partial charge in [-0.2, -0.15) is 0 Å². The van der Waals surface area contributed by atoms with Gasteiger partial charge in [0.1, 0.15) is 12.4 Å². The van der Waals surface area contributed by atoms with Gasteiger partial charge in [-0.25, -0.2) is 0 Å². The summed E-state index contributed by atoms with van der Waals surface area (Å²) in [6, 6.07) is 0. The van der Waals surface area contributed by atoms with E-state index in [0.29, 0.717) is 12.0 Å². The molecule has 0 radical (unpaired) electrons. The third kappa shape index (κ3) is 2.51. The largest absolute Gasteiger partial charge is 0.396 e. The van der Waals surface area contributed by atoms with Crippen LogP contribution in [0.1, 0.15) is 46.5 Å². The summed E-state index contributed by atoms with van der Waals surface area (Å²) >= 11 is 0. The van der Waals surface area contributed by atoms with Gasteiger partial charge in [0.25, 0.3) is 0 Å². The number of Topliss-reactive ketones (excluding diaryl/α,β-unsaturated/α-hetero) is 1. The average molecular weight is 332 g/mol. The minimum Gasteiger partial charge on any atom is -0.396 e. The zero-order valence-electron chi connectivity index (χ0n) is 14.8. The lowest BCUT2D eigenvalue weighted by atomic mass is 9.67. The smallest absolute Gasteiger partial charge is 0.169 e. The number of hydrogen-bond acceptors (Lipinski definition) is 4. The van der Waals surface area contributed by atoms with Crippen LogP contribution in [0.15, 0.2) is 22.8 Å². The van der Waals surface area contributed by atoms with E-state index in [0.717, 1.165) is 25.5 Å². The predicted molar refractivity (Wildman–Crippen MR) is 91.2 cm³/mol. The summed E-state index contributed by atoms with van der Waals surface area (Å²) in [5.41, 5.74) is 3.18. The Morgan fingerprint density at radius 1 is 1.46 bits per heavy atom. The molecular formula is C20H28O4. The number of carbonyl (C=O) groups is 2. The Morgan fingerprint density at radius 3 is 2.79 bits per heavy atom. The van der Waals surface area contributed by atoms with Crippen molar-refractivity contribution in [2.45, 2.75) is 52.6 Å². The Kier molecular flexibility index (Phi) is 4.56. The Balaban J connectivity index is 2.08. The second-order valence-corrected chi connectivity index (χ2v) is 8.23. The molecule has 0 spiro atoms. The lowest BCUT2D eigenvalue weighted by Gasteiger charge is -2.36. The monoisotopic (exact) mass is 332 g/mol. The third-order valence-electron chi connectivity index (χ3n) is 6.85. The summed E-state index contributed by atoms with van der Waals surface area (Å²) in [6.07, 6.45) is 5.22. The SMILES string of the molecule is C[C@@H]1[C@@H]2C[C@@]3(C)CCC([C@@H](C)CO)=C3C/C=C(/C=O)[C@H]2C(=O)[C@@H]1O. The zero-order chi connectivity index (χ0) is 17.6. The van der Waals surface area contributed by atoms with E-state index in [1.54, 1.807) is 0 Å². The van der Waals surface area contributed by atoms with Gasteiger partial charge in [-0.05, 0) is 48.5 Å². The molecule has 0 saturated heterocycles. The van der Waals surface area contributed by atoms with Gasteiger partial charge in [0.05, 0.1) is 5.92 Å². The summed E-state index contributed by atoms with van der Waals surface area (Å²) in [5, 5.41) is 19.8. The lowest BCUT2D eigenvalue weighted by molar-refractivity contribution is -0.128. The molecule has 3 aliphatic rings. The molecule has 24 heavy (non-hydrogen) atoms. The molecule has 0 aromatic rings. The van der Waals surface area contributed by atoms with Gasteiger partial charge < -0.3 is 10.2 Å². The molecule has 3 rings (SSSR count). The molecule has 2 N–H and O–H groups in total. The second kappa shape index (κ2) is 6.23. The van der Waals surface area contributed by atoms with Crippen LogP contribution >= 0.6 is 0 Å². The van der Waals surface area contributed by atoms with Crippen molar-refractivity contribution in [1.82, 2.24) is 0 Å². The van der Waals surface area contributed by atoms with E-state index < -0.39 is 12.0 Å². The van der Waals surface area contributed by atoms with Crippen molar-refractivity contribution < 1.29 is 19.8 Å². The molecule has 0 aliphatic heterocycles. The van der Waals surface area contributed by atoms with Crippen LogP contribution in [0, 0.1) is 29.1 Å². The molecule has 4 nitrogen and oxygen atoms in total. The van der Waals surface area contributed by atoms with Crippen molar-refractivity contribution in [3.05, 3.63) is 22.8 Å². The highest BCUT2D eigenvalue weighted by atomic mass is 16.3. The van der Waals surface area contributed by atoms with E-state index in [2.05, 4.69) is 6.92 Å². The quantitative estimate of drug-likeness (QED) is 0.615. The minimum atomic E-state index is -0.963. The molecule has 1 fully saturated rings. The number of aliphatic hydroxyl groups is 2. The summed E-state index contributed by atoms with van der Waals surface area (Å²) in [4.78, 5) is 24.1. The van der Waals surface area contributed by atoms with E-state index in [-0.39, 0.29) is 35.6 Å². The van der Waals surface area contributed by atoms with Gasteiger partial charge in [-0.1, -0.05) is 38.0 Å². The highest BCUT2D eigenvalue weighted by molar-refractivity contribution is 5.96. The summed E-state index contributed by atoms with van der Waals surface area (Å²) in [5.74, 6) is -0.623. The van der Waals surface area contributed by atoms with Crippen LogP contribution in [0.5, 0.6) is 0 Å². The Hall–Kier alpha value is -1.26. The number of rotatable bonds is 3. The zero-order valence-corrected chi connectivity index (χ0v) is 14.8. The molecule has 3 aliphatic carbocycles. The number of hydrogen-bond donors (Lipinski definition) is 2.